The average molecular weight is 466 g/mol. The Kier molecular flexibility index (Phi) is 8.82. The molecular weight excluding hydrogens is 439 g/mol. The van der Waals surface area contributed by atoms with E-state index in [1.807, 2.05) is 25.1 Å². The molecule has 1 aromatic rings. The van der Waals surface area contributed by atoms with Crippen LogP contribution in [0.4, 0.5) is 5.69 Å². The van der Waals surface area contributed by atoms with Crippen LogP contribution in [0.1, 0.15) is 13.3 Å². The summed E-state index contributed by atoms with van der Waals surface area (Å²) in [5.74, 6) is 0.765. The van der Waals surface area contributed by atoms with Crippen molar-refractivity contribution < 1.29 is 8.42 Å². The highest BCUT2D eigenvalue weighted by Crippen LogP contribution is 2.19. The summed E-state index contributed by atoms with van der Waals surface area (Å²) < 4.78 is 22.4. The second-order valence-corrected chi connectivity index (χ2v) is 8.06. The van der Waals surface area contributed by atoms with Gasteiger partial charge in [-0.1, -0.05) is 18.2 Å². The van der Waals surface area contributed by atoms with E-state index >= 15 is 0 Å². The maximum Gasteiger partial charge on any atom is 0.191 e. The van der Waals surface area contributed by atoms with Crippen molar-refractivity contribution in [2.24, 2.45) is 4.99 Å². The van der Waals surface area contributed by atoms with Gasteiger partial charge in [0.2, 0.25) is 0 Å². The Hall–Kier alpha value is -1.03. The number of nitrogens with one attached hydrogen (secondary N) is 2. The van der Waals surface area contributed by atoms with E-state index in [-0.39, 0.29) is 36.3 Å². The summed E-state index contributed by atoms with van der Waals surface area (Å²) in [5, 5.41) is 6.58. The molecule has 0 amide bonds. The molecule has 1 unspecified atom stereocenters. The number of benzene rings is 1. The van der Waals surface area contributed by atoms with Crippen LogP contribution in [0.3, 0.4) is 0 Å². The molecule has 8 heteroatoms. The minimum absolute atomic E-state index is 0. The van der Waals surface area contributed by atoms with Gasteiger partial charge >= 0.3 is 0 Å². The van der Waals surface area contributed by atoms with Crippen LogP contribution in [0, 0.1) is 0 Å². The zero-order chi connectivity index (χ0) is 16.7. The van der Waals surface area contributed by atoms with Crippen molar-refractivity contribution in [3.63, 3.8) is 0 Å². The fourth-order valence-corrected chi connectivity index (χ4v) is 3.01. The molecule has 6 nitrogen and oxygen atoms in total. The van der Waals surface area contributed by atoms with E-state index in [1.165, 1.54) is 11.9 Å². The molecular formula is C16H27IN4O2S. The summed E-state index contributed by atoms with van der Waals surface area (Å²) in [5.41, 5.74) is 1.23. The molecule has 2 rings (SSSR count). The lowest BCUT2D eigenvalue weighted by molar-refractivity contribution is 0.601. The van der Waals surface area contributed by atoms with Crippen LogP contribution >= 0.6 is 24.0 Å². The molecule has 0 bridgehead atoms. The molecule has 136 valence electrons. The number of nitrogens with zero attached hydrogens (tertiary/aromatic N) is 2. The van der Waals surface area contributed by atoms with Gasteiger partial charge in [-0.25, -0.2) is 8.42 Å². The quantitative estimate of drug-likeness (QED) is 0.378. The Morgan fingerprint density at radius 1 is 1.33 bits per heavy atom. The van der Waals surface area contributed by atoms with E-state index in [1.54, 1.807) is 0 Å². The Morgan fingerprint density at radius 2 is 2.04 bits per heavy atom. The average Bonchev–Trinajstić information content (AvgIpc) is 2.95. The zero-order valence-corrected chi connectivity index (χ0v) is 17.4. The van der Waals surface area contributed by atoms with Crippen molar-refractivity contribution in [1.82, 2.24) is 10.6 Å². The summed E-state index contributed by atoms with van der Waals surface area (Å²) in [6, 6.07) is 10.7. The predicted molar refractivity (Wildman–Crippen MR) is 111 cm³/mol. The molecule has 1 atom stereocenters. The second-order valence-electron chi connectivity index (χ2n) is 5.80. The van der Waals surface area contributed by atoms with Crippen LogP contribution in [0.25, 0.3) is 0 Å². The number of rotatable bonds is 6. The molecule has 1 fully saturated rings. The number of guanidine groups is 1. The maximum atomic E-state index is 11.2. The highest BCUT2D eigenvalue weighted by molar-refractivity contribution is 14.0. The minimum atomic E-state index is -2.98. The zero-order valence-electron chi connectivity index (χ0n) is 14.2. The van der Waals surface area contributed by atoms with Gasteiger partial charge in [-0.05, 0) is 25.5 Å². The normalized spacial score (nSPS) is 18.2. The Labute approximate surface area is 162 Å². The number of aliphatic imine (C=N–C) groups is 1. The van der Waals surface area contributed by atoms with Gasteiger partial charge in [0.1, 0.15) is 9.84 Å². The first kappa shape index (κ1) is 21.0. The summed E-state index contributed by atoms with van der Waals surface area (Å²) in [7, 11) is -2.98. The van der Waals surface area contributed by atoms with E-state index in [2.05, 4.69) is 32.7 Å². The fourth-order valence-electron chi connectivity index (χ4n) is 2.59. The maximum absolute atomic E-state index is 11.2. The molecule has 1 heterocycles. The van der Waals surface area contributed by atoms with Crippen LogP contribution in [-0.4, -0.2) is 58.6 Å². The first-order valence-electron chi connectivity index (χ1n) is 8.00. The monoisotopic (exact) mass is 466 g/mol. The molecule has 2 N–H and O–H groups in total. The van der Waals surface area contributed by atoms with Gasteiger partial charge in [-0.3, -0.25) is 4.99 Å². The third kappa shape index (κ3) is 7.25. The van der Waals surface area contributed by atoms with Crippen LogP contribution < -0.4 is 15.5 Å². The van der Waals surface area contributed by atoms with Gasteiger partial charge in [0.25, 0.3) is 0 Å². The number of para-hydroxylation sites is 1. The first-order chi connectivity index (χ1) is 11.0. The van der Waals surface area contributed by atoms with E-state index in [4.69, 9.17) is 0 Å². The molecule has 1 aromatic carbocycles. The molecule has 0 radical (unpaired) electrons. The molecule has 0 aliphatic carbocycles. The lowest BCUT2D eigenvalue weighted by atomic mass is 10.3. The van der Waals surface area contributed by atoms with Crippen molar-refractivity contribution in [3.05, 3.63) is 30.3 Å². The molecule has 1 saturated heterocycles. The van der Waals surface area contributed by atoms with Crippen LogP contribution in [0.5, 0.6) is 0 Å². The summed E-state index contributed by atoms with van der Waals surface area (Å²) in [6.07, 6.45) is 2.27. The number of hydrogen-bond acceptors (Lipinski definition) is 4. The largest absolute Gasteiger partial charge is 0.369 e. The Balaban J connectivity index is 0.00000288. The van der Waals surface area contributed by atoms with Crippen molar-refractivity contribution >= 4 is 45.5 Å². The van der Waals surface area contributed by atoms with Crippen LogP contribution in [0.15, 0.2) is 35.3 Å². The highest BCUT2D eigenvalue weighted by Gasteiger charge is 2.23. The van der Waals surface area contributed by atoms with Gasteiger partial charge in [0.15, 0.2) is 5.96 Å². The van der Waals surface area contributed by atoms with Gasteiger partial charge in [0.05, 0.1) is 12.3 Å². The summed E-state index contributed by atoms with van der Waals surface area (Å²) in [6.45, 7) is 4.95. The van der Waals surface area contributed by atoms with E-state index in [9.17, 15) is 8.42 Å². The minimum Gasteiger partial charge on any atom is -0.369 e. The number of halogens is 1. The molecule has 1 aliphatic rings. The smallest absolute Gasteiger partial charge is 0.191 e. The second kappa shape index (κ2) is 10.1. The van der Waals surface area contributed by atoms with E-state index in [0.717, 1.165) is 26.1 Å². The standard InChI is InChI=1S/C16H26N4O2S.HI/c1-3-17-16(18-10-12-23(2,21)22)19-14-9-11-20(13-14)15-7-5-4-6-8-15;/h4-8,14H,3,9-13H2,1-2H3,(H2,17,18,19);1H. The van der Waals surface area contributed by atoms with Gasteiger partial charge in [-0.2, -0.15) is 0 Å². The first-order valence-corrected chi connectivity index (χ1v) is 10.1. The third-order valence-electron chi connectivity index (χ3n) is 3.73. The number of anilines is 1. The van der Waals surface area contributed by atoms with Gasteiger partial charge in [-0.15, -0.1) is 24.0 Å². The Morgan fingerprint density at radius 3 is 2.67 bits per heavy atom. The molecule has 0 saturated carbocycles. The molecule has 1 aliphatic heterocycles. The van der Waals surface area contributed by atoms with E-state index < -0.39 is 9.84 Å². The van der Waals surface area contributed by atoms with Crippen molar-refractivity contribution in [3.8, 4) is 0 Å². The fraction of sp³-hybridized carbons (Fsp3) is 0.562. The lowest BCUT2D eigenvalue weighted by Crippen LogP contribution is -2.44. The van der Waals surface area contributed by atoms with Crippen LogP contribution in [0.2, 0.25) is 0 Å². The Bertz CT molecular complexity index is 622. The third-order valence-corrected chi connectivity index (χ3v) is 4.65. The lowest BCUT2D eigenvalue weighted by Gasteiger charge is -2.20. The molecule has 0 spiro atoms. The van der Waals surface area contributed by atoms with Gasteiger partial charge < -0.3 is 15.5 Å². The van der Waals surface area contributed by atoms with Crippen LogP contribution in [-0.2, 0) is 9.84 Å². The number of sulfone groups is 1. The van der Waals surface area contributed by atoms with Gasteiger partial charge in [0, 0.05) is 37.6 Å². The molecule has 24 heavy (non-hydrogen) atoms. The topological polar surface area (TPSA) is 73.8 Å². The number of hydrogen-bond donors (Lipinski definition) is 2. The predicted octanol–water partition coefficient (Wildman–Crippen LogP) is 1.48. The highest BCUT2D eigenvalue weighted by atomic mass is 127. The summed E-state index contributed by atoms with van der Waals surface area (Å²) in [4.78, 5) is 6.70. The SMILES string of the molecule is CCNC(=NCCS(C)(=O)=O)NC1CCN(c2ccccc2)C1.I. The van der Waals surface area contributed by atoms with Crippen molar-refractivity contribution in [1.29, 1.82) is 0 Å². The van der Waals surface area contributed by atoms with Crippen molar-refractivity contribution in [2.45, 2.75) is 19.4 Å². The molecule has 0 aromatic heterocycles. The summed E-state index contributed by atoms with van der Waals surface area (Å²) >= 11 is 0. The van der Waals surface area contributed by atoms with Crippen molar-refractivity contribution in [2.75, 3.05) is 43.1 Å². The van der Waals surface area contributed by atoms with E-state index in [0.29, 0.717) is 12.0 Å².